The van der Waals surface area contributed by atoms with Crippen LogP contribution in [0.3, 0.4) is 0 Å². The minimum Gasteiger partial charge on any atom is -0.490 e. The molecule has 0 radical (unpaired) electrons. The first-order valence-electron chi connectivity index (χ1n) is 10.1. The standard InChI is InChI=1S/C23H33N3O3/c1-6-7-12-28-21-14-18(2)22(19(3)15-21)11-9-8-10-13-29-23-16-20(17-24-27-5)25-26(23)4/h6-7,14-17H,8-13H2,1-5H3/b7-6+,24-17?. The van der Waals surface area contributed by atoms with Crippen LogP contribution in [-0.2, 0) is 18.3 Å². The number of nitrogens with zero attached hydrogens (tertiary/aromatic N) is 3. The molecule has 1 aromatic carbocycles. The van der Waals surface area contributed by atoms with E-state index in [4.69, 9.17) is 9.47 Å². The Balaban J connectivity index is 1.74. The summed E-state index contributed by atoms with van der Waals surface area (Å²) in [5.41, 5.74) is 4.75. The molecular weight excluding hydrogens is 366 g/mol. The van der Waals surface area contributed by atoms with Crippen LogP contribution in [0.2, 0.25) is 0 Å². The van der Waals surface area contributed by atoms with Crippen molar-refractivity contribution in [3.05, 3.63) is 52.7 Å². The number of allylic oxidation sites excluding steroid dienone is 1. The lowest BCUT2D eigenvalue weighted by Gasteiger charge is -2.13. The summed E-state index contributed by atoms with van der Waals surface area (Å²) in [6, 6.07) is 6.14. The third-order valence-electron chi connectivity index (χ3n) is 4.72. The molecule has 158 valence electrons. The first-order valence-corrected chi connectivity index (χ1v) is 10.1. The monoisotopic (exact) mass is 399 g/mol. The fourth-order valence-electron chi connectivity index (χ4n) is 3.21. The van der Waals surface area contributed by atoms with E-state index in [1.165, 1.54) is 23.8 Å². The number of oxime groups is 1. The van der Waals surface area contributed by atoms with E-state index in [-0.39, 0.29) is 0 Å². The van der Waals surface area contributed by atoms with E-state index < -0.39 is 0 Å². The normalized spacial score (nSPS) is 11.5. The summed E-state index contributed by atoms with van der Waals surface area (Å²) in [7, 11) is 3.37. The molecule has 1 heterocycles. The summed E-state index contributed by atoms with van der Waals surface area (Å²) in [4.78, 5) is 4.67. The second-order valence-electron chi connectivity index (χ2n) is 7.02. The van der Waals surface area contributed by atoms with Gasteiger partial charge in [0.1, 0.15) is 25.2 Å². The average molecular weight is 400 g/mol. The van der Waals surface area contributed by atoms with Crippen LogP contribution >= 0.6 is 0 Å². The highest BCUT2D eigenvalue weighted by Gasteiger charge is 2.07. The van der Waals surface area contributed by atoms with E-state index in [0.717, 1.165) is 37.3 Å². The van der Waals surface area contributed by atoms with E-state index in [1.807, 2.05) is 32.2 Å². The summed E-state index contributed by atoms with van der Waals surface area (Å²) in [5, 5.41) is 8.02. The van der Waals surface area contributed by atoms with Crippen molar-refractivity contribution in [1.82, 2.24) is 9.78 Å². The SMILES string of the molecule is C/C=C/COc1cc(C)c(CCCCCOc2cc(C=NOC)nn2C)c(C)c1. The number of hydrogen-bond donors (Lipinski definition) is 0. The molecule has 2 aromatic rings. The van der Waals surface area contributed by atoms with Crippen LogP contribution in [0, 0.1) is 13.8 Å². The molecule has 6 nitrogen and oxygen atoms in total. The lowest BCUT2D eigenvalue weighted by molar-refractivity contribution is 0.215. The fraction of sp³-hybridized carbons (Fsp3) is 0.478. The Hall–Kier alpha value is -2.76. The van der Waals surface area contributed by atoms with Gasteiger partial charge in [0.25, 0.3) is 0 Å². The van der Waals surface area contributed by atoms with E-state index >= 15 is 0 Å². The summed E-state index contributed by atoms with van der Waals surface area (Å²) < 4.78 is 13.3. The predicted molar refractivity (Wildman–Crippen MR) is 117 cm³/mol. The zero-order chi connectivity index (χ0) is 21.1. The third-order valence-corrected chi connectivity index (χ3v) is 4.72. The Kier molecular flexibility index (Phi) is 9.28. The topological polar surface area (TPSA) is 57.9 Å². The lowest BCUT2D eigenvalue weighted by Crippen LogP contribution is -2.03. The van der Waals surface area contributed by atoms with Crippen molar-refractivity contribution in [2.45, 2.75) is 46.5 Å². The van der Waals surface area contributed by atoms with Crippen molar-refractivity contribution in [2.75, 3.05) is 20.3 Å². The molecule has 0 spiro atoms. The molecule has 2 rings (SSSR count). The van der Waals surface area contributed by atoms with E-state index in [2.05, 4.69) is 41.1 Å². The molecule has 6 heteroatoms. The van der Waals surface area contributed by atoms with Crippen molar-refractivity contribution in [3.63, 3.8) is 0 Å². The highest BCUT2D eigenvalue weighted by Crippen LogP contribution is 2.24. The van der Waals surface area contributed by atoms with Crippen LogP contribution in [0.4, 0.5) is 0 Å². The van der Waals surface area contributed by atoms with Gasteiger partial charge in [0, 0.05) is 13.1 Å². The number of aryl methyl sites for hydroxylation is 3. The van der Waals surface area contributed by atoms with Crippen molar-refractivity contribution in [2.24, 2.45) is 12.2 Å². The van der Waals surface area contributed by atoms with Gasteiger partial charge in [-0.15, -0.1) is 0 Å². The Morgan fingerprint density at radius 3 is 2.52 bits per heavy atom. The molecule has 1 aromatic heterocycles. The van der Waals surface area contributed by atoms with Gasteiger partial charge in [0.2, 0.25) is 5.88 Å². The van der Waals surface area contributed by atoms with E-state index in [9.17, 15) is 0 Å². The summed E-state index contributed by atoms with van der Waals surface area (Å²) in [6.07, 6.45) is 9.93. The summed E-state index contributed by atoms with van der Waals surface area (Å²) in [6.45, 7) is 7.63. The van der Waals surface area contributed by atoms with Crippen LogP contribution in [0.1, 0.15) is 48.6 Å². The largest absolute Gasteiger partial charge is 0.490 e. The number of hydrogen-bond acceptors (Lipinski definition) is 5. The van der Waals surface area contributed by atoms with Crippen molar-refractivity contribution < 1.29 is 14.3 Å². The molecule has 29 heavy (non-hydrogen) atoms. The predicted octanol–water partition coefficient (Wildman–Crippen LogP) is 4.76. The molecule has 0 aliphatic carbocycles. The molecule has 0 fully saturated rings. The maximum absolute atomic E-state index is 5.84. The Bertz CT molecular complexity index is 802. The molecule has 0 aliphatic rings. The van der Waals surface area contributed by atoms with Crippen molar-refractivity contribution in [3.8, 4) is 11.6 Å². The minimum absolute atomic E-state index is 0.617. The summed E-state index contributed by atoms with van der Waals surface area (Å²) >= 11 is 0. The Morgan fingerprint density at radius 2 is 1.83 bits per heavy atom. The van der Waals surface area contributed by atoms with Gasteiger partial charge in [-0.3, -0.25) is 0 Å². The Labute approximate surface area is 174 Å². The molecule has 0 unspecified atom stereocenters. The van der Waals surface area contributed by atoms with Crippen molar-refractivity contribution in [1.29, 1.82) is 0 Å². The van der Waals surface area contributed by atoms with Gasteiger partial charge in [0.15, 0.2) is 0 Å². The number of rotatable bonds is 12. The molecule has 0 saturated carbocycles. The average Bonchev–Trinajstić information content (AvgIpc) is 3.04. The van der Waals surface area contributed by atoms with Gasteiger partial charge in [-0.05, 0) is 75.3 Å². The first-order chi connectivity index (χ1) is 14.0. The van der Waals surface area contributed by atoms with Crippen molar-refractivity contribution >= 4 is 6.21 Å². The molecule has 0 atom stereocenters. The quantitative estimate of drug-likeness (QED) is 0.223. The van der Waals surface area contributed by atoms with E-state index in [1.54, 1.807) is 10.9 Å². The number of unbranched alkanes of at least 4 members (excludes halogenated alkanes) is 2. The minimum atomic E-state index is 0.617. The van der Waals surface area contributed by atoms with Crippen LogP contribution in [0.25, 0.3) is 0 Å². The zero-order valence-electron chi connectivity index (χ0n) is 18.3. The Morgan fingerprint density at radius 1 is 1.07 bits per heavy atom. The smallest absolute Gasteiger partial charge is 0.212 e. The fourth-order valence-corrected chi connectivity index (χ4v) is 3.21. The molecule has 0 bridgehead atoms. The van der Waals surface area contributed by atoms with Crippen LogP contribution in [0.5, 0.6) is 11.6 Å². The van der Waals surface area contributed by atoms with E-state index in [0.29, 0.717) is 18.9 Å². The number of benzene rings is 1. The molecule has 0 N–H and O–H groups in total. The van der Waals surface area contributed by atoms with Gasteiger partial charge >= 0.3 is 0 Å². The van der Waals surface area contributed by atoms with Gasteiger partial charge in [-0.25, -0.2) is 4.68 Å². The van der Waals surface area contributed by atoms with Crippen LogP contribution in [-0.4, -0.2) is 36.3 Å². The second-order valence-corrected chi connectivity index (χ2v) is 7.02. The van der Waals surface area contributed by atoms with Gasteiger partial charge in [-0.2, -0.15) is 5.10 Å². The van der Waals surface area contributed by atoms with Gasteiger partial charge < -0.3 is 14.3 Å². The number of aromatic nitrogens is 2. The molecule has 0 amide bonds. The molecular formula is C23H33N3O3. The maximum Gasteiger partial charge on any atom is 0.212 e. The first kappa shape index (κ1) is 22.5. The second kappa shape index (κ2) is 11.9. The summed E-state index contributed by atoms with van der Waals surface area (Å²) in [5.74, 6) is 1.68. The highest BCUT2D eigenvalue weighted by molar-refractivity contribution is 5.76. The maximum atomic E-state index is 5.84. The van der Waals surface area contributed by atoms with Crippen LogP contribution < -0.4 is 9.47 Å². The van der Waals surface area contributed by atoms with Gasteiger partial charge in [-0.1, -0.05) is 17.3 Å². The van der Waals surface area contributed by atoms with Crippen LogP contribution in [0.15, 0.2) is 35.5 Å². The number of ether oxygens (including phenoxy) is 2. The zero-order valence-corrected chi connectivity index (χ0v) is 18.3. The lowest BCUT2D eigenvalue weighted by atomic mass is 9.97. The highest BCUT2D eigenvalue weighted by atomic mass is 16.6. The van der Waals surface area contributed by atoms with Gasteiger partial charge in [0.05, 0.1) is 12.8 Å². The molecule has 0 saturated heterocycles. The third kappa shape index (κ3) is 7.29. The molecule has 0 aliphatic heterocycles.